The zero-order chi connectivity index (χ0) is 14.0. The van der Waals surface area contributed by atoms with Crippen LogP contribution < -0.4 is 10.5 Å². The molecule has 19 heavy (non-hydrogen) atoms. The van der Waals surface area contributed by atoms with E-state index in [-0.39, 0.29) is 18.1 Å². The van der Waals surface area contributed by atoms with Crippen molar-refractivity contribution in [1.29, 1.82) is 0 Å². The number of ketones is 1. The van der Waals surface area contributed by atoms with Crippen LogP contribution in [0.5, 0.6) is 5.75 Å². The molecule has 1 aromatic heterocycles. The van der Waals surface area contributed by atoms with Crippen LogP contribution >= 0.6 is 0 Å². The van der Waals surface area contributed by atoms with Gasteiger partial charge in [-0.2, -0.15) is 0 Å². The number of hydrogen-bond donors (Lipinski definition) is 1. The lowest BCUT2D eigenvalue weighted by molar-refractivity contribution is 0.100. The van der Waals surface area contributed by atoms with E-state index < -0.39 is 0 Å². The third-order valence-corrected chi connectivity index (χ3v) is 2.98. The second-order valence-electron chi connectivity index (χ2n) is 4.46. The lowest BCUT2D eigenvalue weighted by atomic mass is 9.99. The summed E-state index contributed by atoms with van der Waals surface area (Å²) >= 11 is 0. The number of ether oxygens (including phenoxy) is 1. The Morgan fingerprint density at radius 1 is 1.32 bits per heavy atom. The molecule has 0 amide bonds. The summed E-state index contributed by atoms with van der Waals surface area (Å²) in [7, 11) is 1.55. The van der Waals surface area contributed by atoms with Crippen LogP contribution in [0.25, 0.3) is 0 Å². The summed E-state index contributed by atoms with van der Waals surface area (Å²) in [5.41, 5.74) is 7.93. The quantitative estimate of drug-likeness (QED) is 0.857. The van der Waals surface area contributed by atoms with Gasteiger partial charge in [-0.1, -0.05) is 6.07 Å². The molecule has 0 saturated heterocycles. The molecule has 1 aromatic carbocycles. The zero-order valence-electron chi connectivity index (χ0n) is 11.3. The summed E-state index contributed by atoms with van der Waals surface area (Å²) in [4.78, 5) is 12.5. The van der Waals surface area contributed by atoms with E-state index >= 15 is 0 Å². The SMILES string of the molecule is COc1cc(C)cc(C)c1C(=O)c1ccc(CN)o1. The van der Waals surface area contributed by atoms with E-state index in [2.05, 4.69) is 0 Å². The molecule has 2 aromatic rings. The van der Waals surface area contributed by atoms with Crippen molar-refractivity contribution >= 4 is 5.78 Å². The first-order valence-corrected chi connectivity index (χ1v) is 6.05. The highest BCUT2D eigenvalue weighted by Gasteiger charge is 2.20. The zero-order valence-corrected chi connectivity index (χ0v) is 11.3. The van der Waals surface area contributed by atoms with Crippen LogP contribution in [-0.2, 0) is 6.54 Å². The molecule has 1 heterocycles. The molecular weight excluding hydrogens is 242 g/mol. The smallest absolute Gasteiger partial charge is 0.232 e. The van der Waals surface area contributed by atoms with Gasteiger partial charge < -0.3 is 14.9 Å². The highest BCUT2D eigenvalue weighted by atomic mass is 16.5. The first kappa shape index (κ1) is 13.4. The average molecular weight is 259 g/mol. The predicted octanol–water partition coefficient (Wildman–Crippen LogP) is 2.59. The highest BCUT2D eigenvalue weighted by Crippen LogP contribution is 2.27. The number of furan rings is 1. The first-order chi connectivity index (χ1) is 9.06. The number of carbonyl (C=O) groups is 1. The summed E-state index contributed by atoms with van der Waals surface area (Å²) in [5, 5.41) is 0. The normalized spacial score (nSPS) is 10.5. The maximum Gasteiger partial charge on any atom is 0.232 e. The van der Waals surface area contributed by atoms with E-state index in [0.717, 1.165) is 11.1 Å². The van der Waals surface area contributed by atoms with Crippen molar-refractivity contribution in [3.05, 3.63) is 52.5 Å². The molecule has 0 atom stereocenters. The van der Waals surface area contributed by atoms with Crippen molar-refractivity contribution in [3.63, 3.8) is 0 Å². The third-order valence-electron chi connectivity index (χ3n) is 2.98. The molecule has 0 aliphatic carbocycles. The van der Waals surface area contributed by atoms with Crippen molar-refractivity contribution < 1.29 is 13.9 Å². The molecule has 100 valence electrons. The Bertz CT molecular complexity index is 614. The van der Waals surface area contributed by atoms with Gasteiger partial charge in [0, 0.05) is 0 Å². The van der Waals surface area contributed by atoms with Gasteiger partial charge in [0.1, 0.15) is 11.5 Å². The number of carbonyl (C=O) groups excluding carboxylic acids is 1. The largest absolute Gasteiger partial charge is 0.496 e. The van der Waals surface area contributed by atoms with Gasteiger partial charge in [0.25, 0.3) is 0 Å². The van der Waals surface area contributed by atoms with E-state index in [4.69, 9.17) is 14.9 Å². The average Bonchev–Trinajstić information content (AvgIpc) is 2.85. The maximum atomic E-state index is 12.5. The van der Waals surface area contributed by atoms with E-state index in [0.29, 0.717) is 17.1 Å². The number of nitrogens with two attached hydrogens (primary N) is 1. The Hall–Kier alpha value is -2.07. The minimum atomic E-state index is -0.186. The maximum absolute atomic E-state index is 12.5. The van der Waals surface area contributed by atoms with Gasteiger partial charge in [-0.15, -0.1) is 0 Å². The van der Waals surface area contributed by atoms with Crippen LogP contribution in [0.1, 0.15) is 33.0 Å². The van der Waals surface area contributed by atoms with Gasteiger partial charge in [0.05, 0.1) is 19.2 Å². The molecule has 0 unspecified atom stereocenters. The van der Waals surface area contributed by atoms with Crippen LogP contribution in [0.3, 0.4) is 0 Å². The van der Waals surface area contributed by atoms with Gasteiger partial charge in [-0.25, -0.2) is 0 Å². The summed E-state index contributed by atoms with van der Waals surface area (Å²) < 4.78 is 10.7. The lowest BCUT2D eigenvalue weighted by Gasteiger charge is -2.11. The van der Waals surface area contributed by atoms with Gasteiger partial charge in [0.2, 0.25) is 5.78 Å². The molecule has 0 radical (unpaired) electrons. The molecule has 4 nitrogen and oxygen atoms in total. The van der Waals surface area contributed by atoms with E-state index in [1.54, 1.807) is 19.2 Å². The predicted molar refractivity (Wildman–Crippen MR) is 72.5 cm³/mol. The van der Waals surface area contributed by atoms with E-state index in [1.807, 2.05) is 26.0 Å². The number of rotatable bonds is 4. The summed E-state index contributed by atoms with van der Waals surface area (Å²) in [6, 6.07) is 7.14. The highest BCUT2D eigenvalue weighted by molar-refractivity contribution is 6.10. The van der Waals surface area contributed by atoms with E-state index in [1.165, 1.54) is 0 Å². The minimum Gasteiger partial charge on any atom is -0.496 e. The Kier molecular flexibility index (Phi) is 3.71. The second-order valence-corrected chi connectivity index (χ2v) is 4.46. The van der Waals surface area contributed by atoms with Crippen LogP contribution in [-0.4, -0.2) is 12.9 Å². The Morgan fingerprint density at radius 2 is 2.05 bits per heavy atom. The van der Waals surface area contributed by atoms with Crippen LogP contribution in [0.15, 0.2) is 28.7 Å². The molecule has 0 fully saturated rings. The molecule has 4 heteroatoms. The summed E-state index contributed by atoms with van der Waals surface area (Å²) in [5.74, 6) is 1.25. The van der Waals surface area contributed by atoms with Gasteiger partial charge >= 0.3 is 0 Å². The first-order valence-electron chi connectivity index (χ1n) is 6.05. The Morgan fingerprint density at radius 3 is 2.63 bits per heavy atom. The second kappa shape index (κ2) is 5.28. The molecular formula is C15H17NO3. The standard InChI is InChI=1S/C15H17NO3/c1-9-6-10(2)14(13(7-9)18-3)15(17)12-5-4-11(8-16)19-12/h4-7H,8,16H2,1-3H3. The molecule has 0 aliphatic heterocycles. The Labute approximate surface area is 112 Å². The van der Waals surface area contributed by atoms with E-state index in [9.17, 15) is 4.79 Å². The molecule has 0 bridgehead atoms. The fourth-order valence-corrected chi connectivity index (χ4v) is 2.11. The summed E-state index contributed by atoms with van der Waals surface area (Å²) in [6.07, 6.45) is 0. The van der Waals surface area contributed by atoms with Crippen LogP contribution in [0, 0.1) is 13.8 Å². The topological polar surface area (TPSA) is 65.5 Å². The summed E-state index contributed by atoms with van der Waals surface area (Å²) in [6.45, 7) is 4.12. The fraction of sp³-hybridized carbons (Fsp3) is 0.267. The monoisotopic (exact) mass is 259 g/mol. The van der Waals surface area contributed by atoms with Gasteiger partial charge in [0.15, 0.2) is 5.76 Å². The Balaban J connectivity index is 2.49. The molecule has 0 saturated carbocycles. The number of benzene rings is 1. The van der Waals surface area contributed by atoms with Crippen molar-refractivity contribution in [1.82, 2.24) is 0 Å². The fourth-order valence-electron chi connectivity index (χ4n) is 2.11. The molecule has 0 aliphatic rings. The van der Waals surface area contributed by atoms with Crippen molar-refractivity contribution in [2.75, 3.05) is 7.11 Å². The van der Waals surface area contributed by atoms with Crippen molar-refractivity contribution in [2.24, 2.45) is 5.73 Å². The van der Waals surface area contributed by atoms with Gasteiger partial charge in [-0.3, -0.25) is 4.79 Å². The van der Waals surface area contributed by atoms with Crippen LogP contribution in [0.4, 0.5) is 0 Å². The third kappa shape index (κ3) is 2.53. The van der Waals surface area contributed by atoms with Crippen LogP contribution in [0.2, 0.25) is 0 Å². The molecule has 2 rings (SSSR count). The number of aryl methyl sites for hydroxylation is 2. The number of methoxy groups -OCH3 is 1. The lowest BCUT2D eigenvalue weighted by Crippen LogP contribution is -2.06. The van der Waals surface area contributed by atoms with Crippen molar-refractivity contribution in [2.45, 2.75) is 20.4 Å². The molecule has 0 spiro atoms. The molecule has 2 N–H and O–H groups in total. The minimum absolute atomic E-state index is 0.186. The number of hydrogen-bond acceptors (Lipinski definition) is 4. The van der Waals surface area contributed by atoms with Gasteiger partial charge in [-0.05, 0) is 43.2 Å². The van der Waals surface area contributed by atoms with Crippen molar-refractivity contribution in [3.8, 4) is 5.75 Å².